The van der Waals surface area contributed by atoms with Crippen molar-refractivity contribution in [1.29, 1.82) is 0 Å². The van der Waals surface area contributed by atoms with Crippen LogP contribution in [-0.2, 0) is 10.0 Å². The van der Waals surface area contributed by atoms with Gasteiger partial charge in [0.2, 0.25) is 10.0 Å². The molecule has 2 heterocycles. The molecule has 1 amide bonds. The topological polar surface area (TPSA) is 97.2 Å². The van der Waals surface area contributed by atoms with Crippen LogP contribution in [0.3, 0.4) is 0 Å². The quantitative estimate of drug-likeness (QED) is 0.568. The van der Waals surface area contributed by atoms with Crippen molar-refractivity contribution in [2.24, 2.45) is 0 Å². The highest BCUT2D eigenvalue weighted by Crippen LogP contribution is 2.22. The van der Waals surface area contributed by atoms with E-state index in [1.807, 2.05) is 25.5 Å². The van der Waals surface area contributed by atoms with Crippen molar-refractivity contribution >= 4 is 32.7 Å². The molecule has 3 aromatic rings. The number of hydrogen-bond donors (Lipinski definition) is 1. The minimum atomic E-state index is -3.54. The third-order valence-electron chi connectivity index (χ3n) is 5.14. The third kappa shape index (κ3) is 4.77. The Hall–Kier alpha value is -2.78. The fraction of sp³-hybridized carbons (Fsp3) is 0.409. The SMILES string of the molecule is CCCCN(C)S(=O)(=O)c1ccc(NC(=O)c2cc3cnn(C(C)C)c3nc2C)cc1. The van der Waals surface area contributed by atoms with E-state index >= 15 is 0 Å². The van der Waals surface area contributed by atoms with Crippen molar-refractivity contribution in [3.05, 3.63) is 47.8 Å². The second-order valence-corrected chi connectivity index (χ2v) is 9.92. The normalized spacial score (nSPS) is 12.1. The van der Waals surface area contributed by atoms with Gasteiger partial charge in [0, 0.05) is 30.7 Å². The van der Waals surface area contributed by atoms with E-state index in [0.717, 1.165) is 23.9 Å². The van der Waals surface area contributed by atoms with E-state index in [-0.39, 0.29) is 16.8 Å². The predicted octanol–water partition coefficient (Wildman–Crippen LogP) is 3.99. The molecule has 9 heteroatoms. The first-order valence-corrected chi connectivity index (χ1v) is 11.8. The van der Waals surface area contributed by atoms with Gasteiger partial charge in [0.25, 0.3) is 5.91 Å². The Bertz CT molecular complexity index is 1180. The highest BCUT2D eigenvalue weighted by molar-refractivity contribution is 7.89. The lowest BCUT2D eigenvalue weighted by Crippen LogP contribution is -2.27. The number of nitrogens with one attached hydrogen (secondary N) is 1. The zero-order valence-corrected chi connectivity index (χ0v) is 19.4. The van der Waals surface area contributed by atoms with Gasteiger partial charge in [-0.3, -0.25) is 4.79 Å². The fourth-order valence-corrected chi connectivity index (χ4v) is 4.47. The summed E-state index contributed by atoms with van der Waals surface area (Å²) in [5.41, 5.74) is 2.30. The molecule has 0 aliphatic heterocycles. The number of hydrogen-bond acceptors (Lipinski definition) is 5. The Morgan fingerprint density at radius 3 is 2.52 bits per heavy atom. The van der Waals surface area contributed by atoms with Crippen molar-refractivity contribution in [2.75, 3.05) is 18.9 Å². The molecule has 0 saturated heterocycles. The van der Waals surface area contributed by atoms with E-state index in [4.69, 9.17) is 0 Å². The molecule has 0 saturated carbocycles. The van der Waals surface area contributed by atoms with E-state index in [9.17, 15) is 13.2 Å². The molecule has 31 heavy (non-hydrogen) atoms. The van der Waals surface area contributed by atoms with Crippen LogP contribution in [0.25, 0.3) is 11.0 Å². The Labute approximate surface area is 183 Å². The van der Waals surface area contributed by atoms with Gasteiger partial charge in [0.1, 0.15) is 0 Å². The maximum absolute atomic E-state index is 12.8. The number of aromatic nitrogens is 3. The van der Waals surface area contributed by atoms with Crippen LogP contribution in [0.5, 0.6) is 0 Å². The summed E-state index contributed by atoms with van der Waals surface area (Å²) in [6, 6.07) is 8.15. The van der Waals surface area contributed by atoms with Crippen molar-refractivity contribution < 1.29 is 13.2 Å². The average Bonchev–Trinajstić information content (AvgIpc) is 3.14. The number of sulfonamides is 1. The highest BCUT2D eigenvalue weighted by atomic mass is 32.2. The van der Waals surface area contributed by atoms with E-state index in [1.165, 1.54) is 16.4 Å². The molecule has 2 aromatic heterocycles. The maximum atomic E-state index is 12.8. The van der Waals surface area contributed by atoms with Crippen LogP contribution in [0.2, 0.25) is 0 Å². The van der Waals surface area contributed by atoms with Gasteiger partial charge >= 0.3 is 0 Å². The maximum Gasteiger partial charge on any atom is 0.257 e. The lowest BCUT2D eigenvalue weighted by Gasteiger charge is -2.17. The van der Waals surface area contributed by atoms with Crippen molar-refractivity contribution in [3.63, 3.8) is 0 Å². The summed E-state index contributed by atoms with van der Waals surface area (Å²) in [5.74, 6) is -0.306. The molecule has 0 aliphatic carbocycles. The lowest BCUT2D eigenvalue weighted by molar-refractivity contribution is 0.102. The number of aryl methyl sites for hydroxylation is 1. The molecular weight excluding hydrogens is 414 g/mol. The summed E-state index contributed by atoms with van der Waals surface area (Å²) in [6.07, 6.45) is 3.42. The van der Waals surface area contributed by atoms with Gasteiger partial charge in [-0.25, -0.2) is 22.4 Å². The minimum absolute atomic E-state index is 0.167. The third-order valence-corrected chi connectivity index (χ3v) is 7.01. The first kappa shape index (κ1) is 22.9. The molecule has 166 valence electrons. The molecule has 8 nitrogen and oxygen atoms in total. The Morgan fingerprint density at radius 1 is 1.23 bits per heavy atom. The molecule has 0 spiro atoms. The number of anilines is 1. The summed E-state index contributed by atoms with van der Waals surface area (Å²) in [4.78, 5) is 17.6. The number of rotatable bonds is 8. The van der Waals surface area contributed by atoms with E-state index in [0.29, 0.717) is 23.5 Å². The smallest absolute Gasteiger partial charge is 0.257 e. The van der Waals surface area contributed by atoms with E-state index < -0.39 is 10.0 Å². The van der Waals surface area contributed by atoms with Crippen molar-refractivity contribution in [3.8, 4) is 0 Å². The van der Waals surface area contributed by atoms with Crippen molar-refractivity contribution in [2.45, 2.75) is 51.5 Å². The van der Waals surface area contributed by atoms with Crippen LogP contribution < -0.4 is 5.32 Å². The van der Waals surface area contributed by atoms with Crippen LogP contribution in [0.4, 0.5) is 5.69 Å². The minimum Gasteiger partial charge on any atom is -0.322 e. The van der Waals surface area contributed by atoms with Crippen LogP contribution >= 0.6 is 0 Å². The number of unbranched alkanes of at least 4 members (excludes halogenated alkanes) is 1. The summed E-state index contributed by atoms with van der Waals surface area (Å²) in [6.45, 7) is 8.32. The molecule has 1 N–H and O–H groups in total. The summed E-state index contributed by atoms with van der Waals surface area (Å²) in [7, 11) is -1.97. The number of amides is 1. The number of benzene rings is 1. The molecule has 0 aliphatic rings. The summed E-state index contributed by atoms with van der Waals surface area (Å²) < 4.78 is 28.4. The standard InChI is InChI=1S/C22H29N5O3S/c1-6-7-12-26(5)31(29,30)19-10-8-18(9-11-19)25-22(28)20-13-17-14-23-27(15(2)3)21(17)24-16(20)4/h8-11,13-15H,6-7,12H2,1-5H3,(H,25,28). The zero-order chi connectivity index (χ0) is 22.8. The predicted molar refractivity (Wildman–Crippen MR) is 122 cm³/mol. The van der Waals surface area contributed by atoms with E-state index in [2.05, 4.69) is 15.4 Å². The van der Waals surface area contributed by atoms with Gasteiger partial charge < -0.3 is 5.32 Å². The Kier molecular flexibility index (Phi) is 6.76. The molecule has 0 fully saturated rings. The average molecular weight is 444 g/mol. The van der Waals surface area contributed by atoms with Crippen LogP contribution in [0.1, 0.15) is 55.7 Å². The molecule has 0 radical (unpaired) electrons. The van der Waals surface area contributed by atoms with Gasteiger partial charge in [-0.15, -0.1) is 0 Å². The monoisotopic (exact) mass is 443 g/mol. The molecule has 0 unspecified atom stereocenters. The Balaban J connectivity index is 1.79. The zero-order valence-electron chi connectivity index (χ0n) is 18.6. The van der Waals surface area contributed by atoms with Crippen LogP contribution in [0.15, 0.2) is 41.4 Å². The van der Waals surface area contributed by atoms with Gasteiger partial charge in [-0.1, -0.05) is 13.3 Å². The molecule has 0 atom stereocenters. The van der Waals surface area contributed by atoms with Gasteiger partial charge in [-0.2, -0.15) is 5.10 Å². The van der Waals surface area contributed by atoms with Crippen LogP contribution in [0, 0.1) is 6.92 Å². The largest absolute Gasteiger partial charge is 0.322 e. The second kappa shape index (κ2) is 9.15. The number of nitrogens with zero attached hydrogens (tertiary/aromatic N) is 4. The Morgan fingerprint density at radius 2 is 1.90 bits per heavy atom. The highest BCUT2D eigenvalue weighted by Gasteiger charge is 2.20. The van der Waals surface area contributed by atoms with E-state index in [1.54, 1.807) is 38.4 Å². The summed E-state index contributed by atoms with van der Waals surface area (Å²) >= 11 is 0. The van der Waals surface area contributed by atoms with Gasteiger partial charge in [-0.05, 0) is 57.5 Å². The van der Waals surface area contributed by atoms with Gasteiger partial charge in [0.15, 0.2) is 5.65 Å². The second-order valence-electron chi connectivity index (χ2n) is 7.88. The number of carbonyl (C=O) groups excluding carboxylic acids is 1. The summed E-state index contributed by atoms with van der Waals surface area (Å²) in [5, 5.41) is 7.96. The first-order chi connectivity index (χ1) is 14.6. The van der Waals surface area contributed by atoms with Gasteiger partial charge in [0.05, 0.1) is 22.3 Å². The number of fused-ring (bicyclic) bond motifs is 1. The molecule has 3 rings (SSSR count). The van der Waals surface area contributed by atoms with Crippen molar-refractivity contribution in [1.82, 2.24) is 19.1 Å². The van der Waals surface area contributed by atoms with Crippen LogP contribution in [-0.4, -0.2) is 47.0 Å². The molecular formula is C22H29N5O3S. The number of carbonyl (C=O) groups is 1. The molecule has 1 aromatic carbocycles. The lowest BCUT2D eigenvalue weighted by atomic mass is 10.1. The molecule has 0 bridgehead atoms. The fourth-order valence-electron chi connectivity index (χ4n) is 3.26. The number of pyridine rings is 1. The first-order valence-electron chi connectivity index (χ1n) is 10.4.